The second kappa shape index (κ2) is 8.91. The second-order valence-corrected chi connectivity index (χ2v) is 10.7. The summed E-state index contributed by atoms with van der Waals surface area (Å²) < 4.78 is 50.6. The molecule has 3 aromatic rings. The minimum absolute atomic E-state index is 0.121. The molecule has 0 heterocycles. The molecule has 1 atom stereocenters. The molecule has 0 aliphatic rings. The number of amides is 1. The molecule has 0 aliphatic carbocycles. The van der Waals surface area contributed by atoms with Crippen LogP contribution in [0.3, 0.4) is 0 Å². The first-order chi connectivity index (χ1) is 14.6. The molecule has 31 heavy (non-hydrogen) atoms. The maximum atomic E-state index is 12.7. The van der Waals surface area contributed by atoms with Crippen molar-refractivity contribution in [1.29, 1.82) is 0 Å². The summed E-state index contributed by atoms with van der Waals surface area (Å²) in [7, 11) is -7.06. The number of hydrogen-bond donors (Lipinski definition) is 2. The molecule has 0 aliphatic heterocycles. The summed E-state index contributed by atoms with van der Waals surface area (Å²) in [5, 5.41) is 2.83. The van der Waals surface area contributed by atoms with Gasteiger partial charge in [0.15, 0.2) is 9.84 Å². The van der Waals surface area contributed by atoms with Crippen molar-refractivity contribution in [2.24, 2.45) is 0 Å². The van der Waals surface area contributed by atoms with Crippen LogP contribution in [0.1, 0.15) is 28.9 Å². The van der Waals surface area contributed by atoms with E-state index in [-0.39, 0.29) is 33.0 Å². The molecule has 2 N–H and O–H groups in total. The lowest BCUT2D eigenvalue weighted by atomic mass is 10.1. The minimum Gasteiger partial charge on any atom is -0.346 e. The van der Waals surface area contributed by atoms with E-state index >= 15 is 0 Å². The Bertz CT molecular complexity index is 1290. The van der Waals surface area contributed by atoms with E-state index in [1.807, 2.05) is 0 Å². The molecule has 0 unspecified atom stereocenters. The molecule has 162 valence electrons. The van der Waals surface area contributed by atoms with Crippen LogP contribution in [0.2, 0.25) is 0 Å². The van der Waals surface area contributed by atoms with Gasteiger partial charge in [-0.2, -0.15) is 0 Å². The Kier molecular flexibility index (Phi) is 6.47. The lowest BCUT2D eigenvalue weighted by molar-refractivity contribution is 0.0940. The van der Waals surface area contributed by atoms with Crippen LogP contribution in [0.25, 0.3) is 0 Å². The van der Waals surface area contributed by atoms with Gasteiger partial charge >= 0.3 is 0 Å². The lowest BCUT2D eigenvalue weighted by Gasteiger charge is -2.15. The van der Waals surface area contributed by atoms with Crippen LogP contribution >= 0.6 is 0 Å². The number of nitrogens with one attached hydrogen (secondary N) is 2. The van der Waals surface area contributed by atoms with Gasteiger partial charge in [0, 0.05) is 17.5 Å². The highest BCUT2D eigenvalue weighted by atomic mass is 32.2. The topological polar surface area (TPSA) is 109 Å². The van der Waals surface area contributed by atoms with Gasteiger partial charge in [0.2, 0.25) is 0 Å². The Morgan fingerprint density at radius 3 is 2.06 bits per heavy atom. The maximum absolute atomic E-state index is 12.7. The molecule has 0 saturated heterocycles. The van der Waals surface area contributed by atoms with Crippen molar-refractivity contribution >= 4 is 31.5 Å². The molecule has 9 heteroatoms. The van der Waals surface area contributed by atoms with Gasteiger partial charge in [-0.3, -0.25) is 9.52 Å². The lowest BCUT2D eigenvalue weighted by Crippen LogP contribution is -2.26. The predicted molar refractivity (Wildman–Crippen MR) is 119 cm³/mol. The van der Waals surface area contributed by atoms with Gasteiger partial charge < -0.3 is 5.32 Å². The first-order valence-corrected chi connectivity index (χ1v) is 12.7. The largest absolute Gasteiger partial charge is 0.346 e. The SMILES string of the molecule is C[C@@H](NC(=O)c1cccc(NS(=O)(=O)c2ccccc2)c1)c1ccc(S(C)(=O)=O)cc1. The molecule has 3 aromatic carbocycles. The van der Waals surface area contributed by atoms with Crippen LogP contribution in [0, 0.1) is 0 Å². The van der Waals surface area contributed by atoms with Crippen molar-refractivity contribution in [3.05, 3.63) is 90.0 Å². The first kappa shape index (κ1) is 22.5. The zero-order valence-corrected chi connectivity index (χ0v) is 18.6. The highest BCUT2D eigenvalue weighted by Crippen LogP contribution is 2.19. The molecular weight excluding hydrogens is 436 g/mol. The first-order valence-electron chi connectivity index (χ1n) is 9.35. The fourth-order valence-corrected chi connectivity index (χ4v) is 4.61. The minimum atomic E-state index is -3.77. The van der Waals surface area contributed by atoms with Crippen molar-refractivity contribution in [3.8, 4) is 0 Å². The third-order valence-corrected chi connectivity index (χ3v) is 7.11. The number of rotatable bonds is 7. The van der Waals surface area contributed by atoms with E-state index in [0.29, 0.717) is 0 Å². The third-order valence-electron chi connectivity index (χ3n) is 4.59. The smallest absolute Gasteiger partial charge is 0.261 e. The highest BCUT2D eigenvalue weighted by Gasteiger charge is 2.16. The second-order valence-electron chi connectivity index (χ2n) is 7.04. The molecule has 0 bridgehead atoms. The highest BCUT2D eigenvalue weighted by molar-refractivity contribution is 7.92. The van der Waals surface area contributed by atoms with E-state index in [9.17, 15) is 21.6 Å². The van der Waals surface area contributed by atoms with Gasteiger partial charge in [-0.25, -0.2) is 16.8 Å². The number of sulfonamides is 1. The molecule has 0 radical (unpaired) electrons. The molecule has 0 saturated carbocycles. The number of sulfone groups is 1. The Morgan fingerprint density at radius 1 is 0.806 bits per heavy atom. The van der Waals surface area contributed by atoms with Crippen LogP contribution < -0.4 is 10.0 Å². The normalized spacial score (nSPS) is 12.7. The van der Waals surface area contributed by atoms with Gasteiger partial charge in [0.25, 0.3) is 15.9 Å². The third kappa shape index (κ3) is 5.71. The Morgan fingerprint density at radius 2 is 1.45 bits per heavy atom. The van der Waals surface area contributed by atoms with Crippen molar-refractivity contribution in [1.82, 2.24) is 5.32 Å². The quantitative estimate of drug-likeness (QED) is 0.564. The summed E-state index contributed by atoms with van der Waals surface area (Å²) in [6.07, 6.45) is 1.13. The summed E-state index contributed by atoms with van der Waals surface area (Å²) in [6.45, 7) is 1.77. The summed E-state index contributed by atoms with van der Waals surface area (Å²) in [5.41, 5.74) is 1.29. The van der Waals surface area contributed by atoms with E-state index in [0.717, 1.165) is 11.8 Å². The fourth-order valence-electron chi connectivity index (χ4n) is 2.90. The average Bonchev–Trinajstić information content (AvgIpc) is 2.73. The number of anilines is 1. The Labute approximate surface area is 182 Å². The van der Waals surface area contributed by atoms with E-state index in [2.05, 4.69) is 10.0 Å². The van der Waals surface area contributed by atoms with Gasteiger partial charge in [-0.15, -0.1) is 0 Å². The number of carbonyl (C=O) groups excluding carboxylic acids is 1. The molecule has 3 rings (SSSR count). The van der Waals surface area contributed by atoms with Crippen molar-refractivity contribution in [2.75, 3.05) is 11.0 Å². The summed E-state index contributed by atoms with van der Waals surface area (Å²) in [5.74, 6) is -0.388. The van der Waals surface area contributed by atoms with Gasteiger partial charge in [-0.1, -0.05) is 36.4 Å². The number of carbonyl (C=O) groups is 1. The van der Waals surface area contributed by atoms with E-state index < -0.39 is 19.9 Å². The van der Waals surface area contributed by atoms with Crippen LogP contribution in [-0.2, 0) is 19.9 Å². The van der Waals surface area contributed by atoms with E-state index in [1.165, 1.54) is 30.3 Å². The van der Waals surface area contributed by atoms with E-state index in [4.69, 9.17) is 0 Å². The molecule has 0 spiro atoms. The van der Waals surface area contributed by atoms with Gasteiger partial charge in [0.1, 0.15) is 0 Å². The van der Waals surface area contributed by atoms with Crippen molar-refractivity contribution in [3.63, 3.8) is 0 Å². The molecule has 7 nitrogen and oxygen atoms in total. The standard InChI is InChI=1S/C22H22N2O5S2/c1-16(17-11-13-20(14-12-17)30(2,26)27)23-22(25)18-7-6-8-19(15-18)24-31(28,29)21-9-4-3-5-10-21/h3-16,24H,1-2H3,(H,23,25)/t16-/m1/s1. The molecular formula is C22H22N2O5S2. The van der Waals surface area contributed by atoms with Crippen molar-refractivity contribution in [2.45, 2.75) is 22.8 Å². The summed E-state index contributed by atoms with van der Waals surface area (Å²) in [4.78, 5) is 13.0. The zero-order chi connectivity index (χ0) is 22.6. The zero-order valence-electron chi connectivity index (χ0n) is 16.9. The molecule has 0 aromatic heterocycles. The van der Waals surface area contributed by atoms with Crippen molar-refractivity contribution < 1.29 is 21.6 Å². The maximum Gasteiger partial charge on any atom is 0.261 e. The van der Waals surface area contributed by atoms with Crippen LogP contribution in [0.4, 0.5) is 5.69 Å². The Balaban J connectivity index is 1.73. The fraction of sp³-hybridized carbons (Fsp3) is 0.136. The monoisotopic (exact) mass is 458 g/mol. The number of benzene rings is 3. The summed E-state index contributed by atoms with van der Waals surface area (Å²) in [6, 6.07) is 20.0. The summed E-state index contributed by atoms with van der Waals surface area (Å²) >= 11 is 0. The van der Waals surface area contributed by atoms with Crippen LogP contribution in [0.15, 0.2) is 88.7 Å². The Hall–Kier alpha value is -3.17. The predicted octanol–water partition coefficient (Wildman–Crippen LogP) is 3.38. The van der Waals surface area contributed by atoms with E-state index in [1.54, 1.807) is 55.5 Å². The molecule has 0 fully saturated rings. The molecule has 1 amide bonds. The van der Waals surface area contributed by atoms with Crippen LogP contribution in [-0.4, -0.2) is 29.0 Å². The van der Waals surface area contributed by atoms with Gasteiger partial charge in [-0.05, 0) is 55.0 Å². The number of hydrogen-bond acceptors (Lipinski definition) is 5. The average molecular weight is 459 g/mol. The van der Waals surface area contributed by atoms with Gasteiger partial charge in [0.05, 0.1) is 15.8 Å². The van der Waals surface area contributed by atoms with Crippen LogP contribution in [0.5, 0.6) is 0 Å².